The van der Waals surface area contributed by atoms with E-state index in [9.17, 15) is 14.7 Å². The van der Waals surface area contributed by atoms with Crippen molar-refractivity contribution in [2.45, 2.75) is 77.3 Å². The summed E-state index contributed by atoms with van der Waals surface area (Å²) in [6, 6.07) is 26.2. The summed E-state index contributed by atoms with van der Waals surface area (Å²) in [6.45, 7) is 5.95. The van der Waals surface area contributed by atoms with Gasteiger partial charge in [-0.05, 0) is 47.6 Å². The number of hydrogen-bond donors (Lipinski definition) is 2. The molecule has 0 unspecified atom stereocenters. The number of rotatable bonds is 16. The minimum Gasteiger partial charge on any atom is -0.489 e. The van der Waals surface area contributed by atoms with Crippen LogP contribution in [0, 0.1) is 11.8 Å². The minimum absolute atomic E-state index is 0.0162. The average molecular weight is 661 g/mol. The molecule has 2 aliphatic rings. The van der Waals surface area contributed by atoms with Crippen LogP contribution >= 0.6 is 0 Å². The highest BCUT2D eigenvalue weighted by atomic mass is 16.7. The molecule has 2 heterocycles. The first-order valence-corrected chi connectivity index (χ1v) is 17.0. The topological polar surface area (TPSA) is 116 Å². The SMILES string of the molecule is CCC(CC)CN(C[C@@H](O)[C@@H](Cc1ccc(OCc2ccccc2)cc1)NC(=O)O[C@H]1CO[C@H]2OCC[C@H]21)C(=O)OCc1ccccc1. The molecule has 0 spiro atoms. The van der Waals surface area contributed by atoms with Gasteiger partial charge in [0.05, 0.1) is 37.8 Å². The van der Waals surface area contributed by atoms with E-state index in [0.717, 1.165) is 36.0 Å². The third-order valence-electron chi connectivity index (χ3n) is 9.14. The fourth-order valence-electron chi connectivity index (χ4n) is 6.12. The fraction of sp³-hybridized carbons (Fsp3) is 0.474. The number of fused-ring (bicyclic) bond motifs is 1. The van der Waals surface area contributed by atoms with E-state index in [1.165, 1.54) is 0 Å². The van der Waals surface area contributed by atoms with Crippen LogP contribution in [-0.2, 0) is 38.6 Å². The van der Waals surface area contributed by atoms with Gasteiger partial charge in [-0.25, -0.2) is 9.59 Å². The van der Waals surface area contributed by atoms with Crippen molar-refractivity contribution in [2.75, 3.05) is 26.3 Å². The number of aliphatic hydroxyl groups is 1. The summed E-state index contributed by atoms with van der Waals surface area (Å²) in [7, 11) is 0. The maximum atomic E-state index is 13.4. The summed E-state index contributed by atoms with van der Waals surface area (Å²) < 4.78 is 28.6. The fourth-order valence-corrected chi connectivity index (χ4v) is 6.12. The van der Waals surface area contributed by atoms with Crippen LogP contribution in [0.4, 0.5) is 9.59 Å². The molecule has 0 radical (unpaired) electrons. The predicted molar refractivity (Wildman–Crippen MR) is 180 cm³/mol. The molecule has 3 aromatic carbocycles. The average Bonchev–Trinajstić information content (AvgIpc) is 3.74. The number of nitrogens with one attached hydrogen (secondary N) is 1. The molecule has 5 rings (SSSR count). The highest BCUT2D eigenvalue weighted by Crippen LogP contribution is 2.33. The lowest BCUT2D eigenvalue weighted by Gasteiger charge is -2.32. The summed E-state index contributed by atoms with van der Waals surface area (Å²) in [5.74, 6) is 0.918. The standard InChI is InChI=1S/C38H48N2O8/c1-3-27(4-2)22-40(38(43)47-25-30-13-9-6-10-14-30)23-34(41)33(39-37(42)48-35-26-46-36-32(35)19-20-44-36)21-28-15-17-31(18-16-28)45-24-29-11-7-5-8-12-29/h5-18,27,32-36,41H,3-4,19-26H2,1-2H3,(H,39,42)/t32-,33+,34+,35-,36+/m0/s1. The zero-order valence-electron chi connectivity index (χ0n) is 27.9. The van der Waals surface area contributed by atoms with E-state index in [4.69, 9.17) is 23.7 Å². The maximum absolute atomic E-state index is 13.4. The molecule has 0 bridgehead atoms. The second-order valence-corrected chi connectivity index (χ2v) is 12.5. The number of benzene rings is 3. The van der Waals surface area contributed by atoms with Gasteiger partial charge in [-0.2, -0.15) is 0 Å². The van der Waals surface area contributed by atoms with Crippen molar-refractivity contribution in [3.05, 3.63) is 102 Å². The number of alkyl carbamates (subject to hydrolysis) is 1. The molecular formula is C38H48N2O8. The number of carbonyl (C=O) groups excluding carboxylic acids is 2. The van der Waals surface area contributed by atoms with Gasteiger partial charge in [0.2, 0.25) is 0 Å². The van der Waals surface area contributed by atoms with Gasteiger partial charge in [-0.3, -0.25) is 0 Å². The van der Waals surface area contributed by atoms with Crippen molar-refractivity contribution in [1.29, 1.82) is 0 Å². The van der Waals surface area contributed by atoms with Crippen LogP contribution < -0.4 is 10.1 Å². The van der Waals surface area contributed by atoms with Gasteiger partial charge in [-0.15, -0.1) is 0 Å². The summed E-state index contributed by atoms with van der Waals surface area (Å²) in [5, 5.41) is 14.6. The molecule has 2 fully saturated rings. The Morgan fingerprint density at radius 1 is 0.875 bits per heavy atom. The molecule has 10 heteroatoms. The van der Waals surface area contributed by atoms with E-state index in [2.05, 4.69) is 19.2 Å². The van der Waals surface area contributed by atoms with Crippen molar-refractivity contribution < 1.29 is 38.4 Å². The second-order valence-electron chi connectivity index (χ2n) is 12.5. The Hall–Kier alpha value is -4.12. The predicted octanol–water partition coefficient (Wildman–Crippen LogP) is 6.10. The Morgan fingerprint density at radius 3 is 2.21 bits per heavy atom. The molecule has 48 heavy (non-hydrogen) atoms. The quantitative estimate of drug-likeness (QED) is 0.190. The summed E-state index contributed by atoms with van der Waals surface area (Å²) in [6.07, 6.45) is -0.278. The van der Waals surface area contributed by atoms with Gasteiger partial charge in [0, 0.05) is 6.54 Å². The molecule has 2 amide bonds. The molecule has 2 aliphatic heterocycles. The second kappa shape index (κ2) is 17.9. The van der Waals surface area contributed by atoms with Crippen LogP contribution in [0.25, 0.3) is 0 Å². The Morgan fingerprint density at radius 2 is 1.54 bits per heavy atom. The van der Waals surface area contributed by atoms with Gasteiger partial charge in [0.25, 0.3) is 0 Å². The lowest BCUT2D eigenvalue weighted by molar-refractivity contribution is -0.0907. The number of aliphatic hydroxyl groups excluding tert-OH is 1. The summed E-state index contributed by atoms with van der Waals surface area (Å²) in [4.78, 5) is 28.2. The molecule has 2 N–H and O–H groups in total. The van der Waals surface area contributed by atoms with Crippen molar-refractivity contribution in [1.82, 2.24) is 10.2 Å². The van der Waals surface area contributed by atoms with Gasteiger partial charge < -0.3 is 39.0 Å². The van der Waals surface area contributed by atoms with Crippen LogP contribution in [0.15, 0.2) is 84.9 Å². The van der Waals surface area contributed by atoms with Gasteiger partial charge >= 0.3 is 12.2 Å². The van der Waals surface area contributed by atoms with Crippen molar-refractivity contribution >= 4 is 12.2 Å². The zero-order valence-corrected chi connectivity index (χ0v) is 27.9. The first kappa shape index (κ1) is 35.2. The van der Waals surface area contributed by atoms with E-state index in [1.54, 1.807) is 4.90 Å². The number of ether oxygens (including phenoxy) is 5. The highest BCUT2D eigenvalue weighted by molar-refractivity contribution is 5.69. The van der Waals surface area contributed by atoms with Crippen molar-refractivity contribution in [3.63, 3.8) is 0 Å². The van der Waals surface area contributed by atoms with E-state index >= 15 is 0 Å². The van der Waals surface area contributed by atoms with Crippen LogP contribution in [0.1, 0.15) is 49.8 Å². The third kappa shape index (κ3) is 10.2. The highest BCUT2D eigenvalue weighted by Gasteiger charge is 2.44. The molecule has 10 nitrogen and oxygen atoms in total. The van der Waals surface area contributed by atoms with Crippen LogP contribution in [0.2, 0.25) is 0 Å². The third-order valence-corrected chi connectivity index (χ3v) is 9.14. The molecule has 0 aliphatic carbocycles. The molecule has 0 aromatic heterocycles. The number of nitrogens with zero attached hydrogens (tertiary/aromatic N) is 1. The van der Waals surface area contributed by atoms with Gasteiger partial charge in [-0.1, -0.05) is 99.5 Å². The Kier molecular flexibility index (Phi) is 13.1. The van der Waals surface area contributed by atoms with Gasteiger partial charge in [0.15, 0.2) is 6.29 Å². The number of carbonyl (C=O) groups is 2. The van der Waals surface area contributed by atoms with Crippen molar-refractivity contribution in [2.24, 2.45) is 11.8 Å². The number of amides is 2. The Bertz CT molecular complexity index is 1400. The molecule has 3 aromatic rings. The van der Waals surface area contributed by atoms with E-state index in [1.807, 2.05) is 84.9 Å². The molecule has 2 saturated heterocycles. The van der Waals surface area contributed by atoms with E-state index < -0.39 is 30.4 Å². The zero-order chi connectivity index (χ0) is 33.7. The number of hydrogen-bond acceptors (Lipinski definition) is 8. The molecule has 258 valence electrons. The van der Waals surface area contributed by atoms with E-state index in [0.29, 0.717) is 31.9 Å². The maximum Gasteiger partial charge on any atom is 0.410 e. The van der Waals surface area contributed by atoms with Gasteiger partial charge in [0.1, 0.15) is 25.1 Å². The molecule has 0 saturated carbocycles. The molecular weight excluding hydrogens is 612 g/mol. The first-order chi connectivity index (χ1) is 23.4. The minimum atomic E-state index is -1.12. The van der Waals surface area contributed by atoms with Crippen LogP contribution in [0.3, 0.4) is 0 Å². The summed E-state index contributed by atoms with van der Waals surface area (Å²) in [5.41, 5.74) is 2.81. The lowest BCUT2D eigenvalue weighted by Crippen LogP contribution is -2.52. The normalized spacial score (nSPS) is 19.7. The summed E-state index contributed by atoms with van der Waals surface area (Å²) >= 11 is 0. The largest absolute Gasteiger partial charge is 0.489 e. The molecule has 5 atom stereocenters. The Balaban J connectivity index is 1.27. The smallest absolute Gasteiger partial charge is 0.410 e. The lowest BCUT2D eigenvalue weighted by atomic mass is 9.99. The van der Waals surface area contributed by atoms with E-state index in [-0.39, 0.29) is 37.9 Å². The van der Waals surface area contributed by atoms with Crippen LogP contribution in [0.5, 0.6) is 5.75 Å². The van der Waals surface area contributed by atoms with Crippen molar-refractivity contribution in [3.8, 4) is 5.75 Å². The van der Waals surface area contributed by atoms with Crippen LogP contribution in [-0.4, -0.2) is 73.0 Å². The Labute approximate surface area is 283 Å². The monoisotopic (exact) mass is 660 g/mol. The first-order valence-electron chi connectivity index (χ1n) is 17.0.